The van der Waals surface area contributed by atoms with E-state index in [4.69, 9.17) is 4.74 Å². The predicted octanol–water partition coefficient (Wildman–Crippen LogP) is 1.04. The van der Waals surface area contributed by atoms with E-state index in [0.29, 0.717) is 49.2 Å². The molecular weight excluding hydrogens is 422 g/mol. The molecular formula is C22H27N9O2. The summed E-state index contributed by atoms with van der Waals surface area (Å²) in [7, 11) is 0. The third-order valence-corrected chi connectivity index (χ3v) is 5.67. The van der Waals surface area contributed by atoms with Crippen LogP contribution in [0.15, 0.2) is 29.4 Å². The van der Waals surface area contributed by atoms with Crippen molar-refractivity contribution >= 4 is 35.1 Å². The van der Waals surface area contributed by atoms with E-state index in [1.165, 1.54) is 0 Å². The van der Waals surface area contributed by atoms with Gasteiger partial charge in [-0.25, -0.2) is 10.4 Å². The first-order valence-electron chi connectivity index (χ1n) is 11.1. The number of anilines is 2. The van der Waals surface area contributed by atoms with Gasteiger partial charge in [-0.05, 0) is 25.5 Å². The minimum atomic E-state index is -0.249. The zero-order valence-corrected chi connectivity index (χ0v) is 18.5. The topological polar surface area (TPSA) is 132 Å². The molecule has 2 fully saturated rings. The predicted molar refractivity (Wildman–Crippen MR) is 126 cm³/mol. The van der Waals surface area contributed by atoms with E-state index in [0.717, 1.165) is 30.6 Å². The monoisotopic (exact) mass is 449 g/mol. The van der Waals surface area contributed by atoms with Gasteiger partial charge in [0.05, 0.1) is 19.4 Å². The number of benzene rings is 1. The molecule has 2 saturated heterocycles. The summed E-state index contributed by atoms with van der Waals surface area (Å²) in [5.74, 6) is 0.958. The van der Waals surface area contributed by atoms with Gasteiger partial charge in [-0.2, -0.15) is 15.1 Å². The lowest BCUT2D eigenvalue weighted by atomic mass is 10.2. The number of hydrogen-bond donors (Lipinski definition) is 4. The molecule has 2 aliphatic rings. The first kappa shape index (κ1) is 21.3. The molecule has 2 aliphatic heterocycles. The number of hydrogen-bond acceptors (Lipinski definition) is 9. The molecule has 33 heavy (non-hydrogen) atoms. The number of nitrogens with one attached hydrogen (secondary N) is 4. The molecule has 5 rings (SSSR count). The van der Waals surface area contributed by atoms with Crippen LogP contribution in [0.1, 0.15) is 28.2 Å². The minimum Gasteiger partial charge on any atom is -0.378 e. The number of fused-ring (bicyclic) bond motifs is 1. The van der Waals surface area contributed by atoms with Crippen molar-refractivity contribution in [2.45, 2.75) is 19.4 Å². The Morgan fingerprint density at radius 3 is 2.94 bits per heavy atom. The highest BCUT2D eigenvalue weighted by Crippen LogP contribution is 2.25. The Balaban J connectivity index is 1.43. The van der Waals surface area contributed by atoms with Crippen LogP contribution >= 0.6 is 0 Å². The van der Waals surface area contributed by atoms with Crippen LogP contribution in [0.3, 0.4) is 0 Å². The Kier molecular flexibility index (Phi) is 6.13. The third-order valence-electron chi connectivity index (χ3n) is 5.67. The van der Waals surface area contributed by atoms with Gasteiger partial charge in [-0.15, -0.1) is 0 Å². The van der Waals surface area contributed by atoms with Gasteiger partial charge in [-0.1, -0.05) is 29.8 Å². The van der Waals surface area contributed by atoms with E-state index < -0.39 is 0 Å². The molecule has 0 spiro atoms. The van der Waals surface area contributed by atoms with E-state index in [-0.39, 0.29) is 17.8 Å². The molecule has 0 bridgehead atoms. The number of ether oxygens (including phenoxy) is 1. The Morgan fingerprint density at radius 1 is 1.27 bits per heavy atom. The summed E-state index contributed by atoms with van der Waals surface area (Å²) in [5, 5.41) is 10.5. The molecule has 1 aromatic carbocycles. The van der Waals surface area contributed by atoms with Crippen molar-refractivity contribution < 1.29 is 9.53 Å². The molecule has 4 N–H and O–H groups in total. The Labute approximate surface area is 191 Å². The number of aromatic amines is 1. The van der Waals surface area contributed by atoms with Gasteiger partial charge in [-0.3, -0.25) is 4.79 Å². The number of aromatic nitrogens is 4. The molecule has 172 valence electrons. The lowest BCUT2D eigenvalue weighted by Gasteiger charge is -2.28. The zero-order chi connectivity index (χ0) is 22.6. The van der Waals surface area contributed by atoms with E-state index in [1.54, 1.807) is 6.21 Å². The number of nitrogens with zero attached hydrogens (tertiary/aromatic N) is 5. The maximum atomic E-state index is 12.7. The van der Waals surface area contributed by atoms with Crippen molar-refractivity contribution in [3.8, 4) is 0 Å². The largest absolute Gasteiger partial charge is 0.378 e. The number of imidazole rings is 1. The van der Waals surface area contributed by atoms with Crippen LogP contribution in [0.25, 0.3) is 11.2 Å². The summed E-state index contributed by atoms with van der Waals surface area (Å²) >= 11 is 0. The van der Waals surface area contributed by atoms with E-state index in [9.17, 15) is 4.79 Å². The first-order chi connectivity index (χ1) is 16.2. The normalized spacial score (nSPS) is 18.8. The lowest BCUT2D eigenvalue weighted by molar-refractivity contribution is 0.0931. The minimum absolute atomic E-state index is 0.101. The van der Waals surface area contributed by atoms with Crippen molar-refractivity contribution in [2.75, 3.05) is 49.7 Å². The quantitative estimate of drug-likeness (QED) is 0.324. The van der Waals surface area contributed by atoms with Crippen molar-refractivity contribution in [2.24, 2.45) is 5.10 Å². The summed E-state index contributed by atoms with van der Waals surface area (Å²) in [6, 6.07) is 8.12. The Morgan fingerprint density at radius 2 is 2.15 bits per heavy atom. The number of carbonyl (C=O) groups is 1. The van der Waals surface area contributed by atoms with Crippen LogP contribution in [-0.2, 0) is 4.74 Å². The summed E-state index contributed by atoms with van der Waals surface area (Å²) in [4.78, 5) is 31.6. The van der Waals surface area contributed by atoms with Gasteiger partial charge >= 0.3 is 0 Å². The van der Waals surface area contributed by atoms with E-state index in [2.05, 4.69) is 46.0 Å². The fourth-order valence-electron chi connectivity index (χ4n) is 3.99. The zero-order valence-electron chi connectivity index (χ0n) is 18.5. The highest BCUT2D eigenvalue weighted by molar-refractivity contribution is 5.96. The van der Waals surface area contributed by atoms with Gasteiger partial charge in [0.15, 0.2) is 17.3 Å². The summed E-state index contributed by atoms with van der Waals surface area (Å²) in [6.45, 7) is 6.28. The molecule has 1 unspecified atom stereocenters. The number of aryl methyl sites for hydroxylation is 1. The van der Waals surface area contributed by atoms with E-state index in [1.807, 2.05) is 31.2 Å². The fraction of sp³-hybridized carbons (Fsp3) is 0.409. The number of H-pyrrole nitrogens is 1. The van der Waals surface area contributed by atoms with Crippen molar-refractivity contribution in [1.29, 1.82) is 0 Å². The SMILES string of the molecule is Cc1cccc(/C=N/Nc2nc(N3CCOCC3)c3[nH]c(C(=O)NC4CCNC4)nc3n2)c1. The molecule has 0 radical (unpaired) electrons. The molecule has 4 heterocycles. The average Bonchev–Trinajstić information content (AvgIpc) is 3.49. The van der Waals surface area contributed by atoms with Crippen molar-refractivity contribution in [1.82, 2.24) is 30.6 Å². The molecule has 0 aliphatic carbocycles. The molecule has 2 aromatic heterocycles. The Bertz CT molecular complexity index is 1160. The molecule has 1 atom stereocenters. The van der Waals surface area contributed by atoms with Crippen LogP contribution in [0, 0.1) is 6.92 Å². The smallest absolute Gasteiger partial charge is 0.287 e. The van der Waals surface area contributed by atoms with Crippen molar-refractivity contribution in [3.63, 3.8) is 0 Å². The van der Waals surface area contributed by atoms with Crippen LogP contribution in [0.4, 0.5) is 11.8 Å². The maximum absolute atomic E-state index is 12.7. The van der Waals surface area contributed by atoms with Crippen LogP contribution < -0.4 is 21.0 Å². The molecule has 0 saturated carbocycles. The van der Waals surface area contributed by atoms with Gasteiger partial charge in [0.25, 0.3) is 5.91 Å². The second-order valence-electron chi connectivity index (χ2n) is 8.20. The van der Waals surface area contributed by atoms with Crippen molar-refractivity contribution in [3.05, 3.63) is 41.2 Å². The summed E-state index contributed by atoms with van der Waals surface area (Å²) in [5.41, 5.74) is 6.07. The second kappa shape index (κ2) is 9.51. The highest BCUT2D eigenvalue weighted by Gasteiger charge is 2.24. The number of morpholine rings is 1. The van der Waals surface area contributed by atoms with E-state index >= 15 is 0 Å². The maximum Gasteiger partial charge on any atom is 0.287 e. The number of amides is 1. The number of carbonyl (C=O) groups excluding carboxylic acids is 1. The molecule has 1 amide bonds. The number of hydrazone groups is 1. The summed E-state index contributed by atoms with van der Waals surface area (Å²) < 4.78 is 5.48. The molecule has 3 aromatic rings. The first-order valence-corrected chi connectivity index (χ1v) is 11.1. The van der Waals surface area contributed by atoms with Gasteiger partial charge in [0.2, 0.25) is 5.95 Å². The van der Waals surface area contributed by atoms with Gasteiger partial charge in [0, 0.05) is 25.7 Å². The fourth-order valence-corrected chi connectivity index (χ4v) is 3.99. The standard InChI is InChI=1S/C22H27N9O2/c1-14-3-2-4-15(11-14)12-24-30-22-28-18-17(20(29-22)31-7-9-33-10-8-31)26-19(27-18)21(32)25-16-5-6-23-13-16/h2-4,11-12,16,23H,5-10,13H2,1H3,(H,25,32)(H2,26,27,28,29,30)/b24-12+. The number of rotatable bonds is 6. The molecule has 11 heteroatoms. The van der Waals surface area contributed by atoms with Crippen LogP contribution in [0.2, 0.25) is 0 Å². The molecule has 11 nitrogen and oxygen atoms in total. The van der Waals surface area contributed by atoms with Gasteiger partial charge in [0.1, 0.15) is 5.52 Å². The average molecular weight is 450 g/mol. The van der Waals surface area contributed by atoms with Gasteiger partial charge < -0.3 is 25.3 Å². The van der Waals surface area contributed by atoms with Crippen LogP contribution in [-0.4, -0.2) is 77.5 Å². The Hall–Kier alpha value is -3.57. The lowest BCUT2D eigenvalue weighted by Crippen LogP contribution is -2.37. The highest BCUT2D eigenvalue weighted by atomic mass is 16.5. The summed E-state index contributed by atoms with van der Waals surface area (Å²) in [6.07, 6.45) is 2.62. The second-order valence-corrected chi connectivity index (χ2v) is 8.20. The third kappa shape index (κ3) is 4.94. The van der Waals surface area contributed by atoms with Crippen LogP contribution in [0.5, 0.6) is 0 Å².